The lowest BCUT2D eigenvalue weighted by Gasteiger charge is -2.34. The molecule has 1 saturated carbocycles. The minimum absolute atomic E-state index is 0.638. The Balaban J connectivity index is 1.96. The van der Waals surface area contributed by atoms with Gasteiger partial charge in [-0.3, -0.25) is 0 Å². The third-order valence-electron chi connectivity index (χ3n) is 4.52. The van der Waals surface area contributed by atoms with Gasteiger partial charge < -0.3 is 10.2 Å². The van der Waals surface area contributed by atoms with Gasteiger partial charge in [-0.25, -0.2) is 0 Å². The monoisotopic (exact) mass is 268 g/mol. The average Bonchev–Trinajstić information content (AvgIpc) is 2.37. The van der Waals surface area contributed by atoms with E-state index in [0.717, 1.165) is 12.0 Å². The van der Waals surface area contributed by atoms with Crippen LogP contribution >= 0.6 is 0 Å². The van der Waals surface area contributed by atoms with E-state index in [1.54, 1.807) is 0 Å². The lowest BCUT2D eigenvalue weighted by Crippen LogP contribution is -2.36. The van der Waals surface area contributed by atoms with Crippen LogP contribution in [0.25, 0.3) is 0 Å². The van der Waals surface area contributed by atoms with Crippen molar-refractivity contribution in [1.29, 1.82) is 0 Å². The predicted molar refractivity (Wildman–Crippen MR) is 85.7 cm³/mol. The van der Waals surface area contributed by atoms with Crippen LogP contribution in [0.4, 0.5) is 0 Å². The molecule has 0 spiro atoms. The summed E-state index contributed by atoms with van der Waals surface area (Å²) in [6.45, 7) is 9.35. The van der Waals surface area contributed by atoms with E-state index in [9.17, 15) is 0 Å². The molecule has 19 heavy (non-hydrogen) atoms. The maximum Gasteiger partial charge on any atom is 0.00947 e. The molecule has 2 heteroatoms. The van der Waals surface area contributed by atoms with Gasteiger partial charge in [-0.1, -0.05) is 46.5 Å². The van der Waals surface area contributed by atoms with E-state index in [1.807, 2.05) is 0 Å². The first kappa shape index (κ1) is 17.0. The second-order valence-electron chi connectivity index (χ2n) is 6.93. The van der Waals surface area contributed by atoms with Gasteiger partial charge in [-0.2, -0.15) is 0 Å². The van der Waals surface area contributed by atoms with E-state index in [-0.39, 0.29) is 0 Å². The molecule has 1 aliphatic carbocycles. The third-order valence-corrected chi connectivity index (χ3v) is 4.52. The molecule has 0 radical (unpaired) electrons. The van der Waals surface area contributed by atoms with E-state index in [4.69, 9.17) is 0 Å². The van der Waals surface area contributed by atoms with Crippen molar-refractivity contribution in [2.45, 2.75) is 84.2 Å². The zero-order valence-electron chi connectivity index (χ0n) is 13.8. The molecule has 1 aliphatic rings. The smallest absolute Gasteiger partial charge is 0.00947 e. The van der Waals surface area contributed by atoms with Gasteiger partial charge in [0.15, 0.2) is 0 Å². The molecule has 2 unspecified atom stereocenters. The first-order chi connectivity index (χ1) is 9.09. The summed E-state index contributed by atoms with van der Waals surface area (Å²) in [6, 6.07) is 1.51. The third kappa shape index (κ3) is 7.94. The van der Waals surface area contributed by atoms with Gasteiger partial charge in [-0.15, -0.1) is 0 Å². The number of nitrogens with zero attached hydrogens (tertiary/aromatic N) is 1. The van der Waals surface area contributed by atoms with Crippen molar-refractivity contribution < 1.29 is 0 Å². The Morgan fingerprint density at radius 2 is 1.84 bits per heavy atom. The Morgan fingerprint density at radius 3 is 2.53 bits per heavy atom. The summed E-state index contributed by atoms with van der Waals surface area (Å²) in [7, 11) is 2.34. The fraction of sp³-hybridized carbons (Fsp3) is 1.00. The fourth-order valence-corrected chi connectivity index (χ4v) is 3.22. The molecule has 0 aromatic rings. The van der Waals surface area contributed by atoms with Crippen LogP contribution in [-0.4, -0.2) is 37.1 Å². The van der Waals surface area contributed by atoms with Crippen molar-refractivity contribution in [2.75, 3.05) is 20.1 Å². The standard InChI is InChI=1S/C17H36N2/c1-15(2)18-12-7-5-6-8-13-19(4)17-11-9-10-16(3)14-17/h15-18H,5-14H2,1-4H3. The summed E-state index contributed by atoms with van der Waals surface area (Å²) in [5, 5.41) is 3.49. The zero-order valence-corrected chi connectivity index (χ0v) is 13.8. The molecule has 1 rings (SSSR count). The van der Waals surface area contributed by atoms with E-state index >= 15 is 0 Å². The summed E-state index contributed by atoms with van der Waals surface area (Å²) in [5.41, 5.74) is 0. The first-order valence-corrected chi connectivity index (χ1v) is 8.53. The Bertz CT molecular complexity index is 215. The predicted octanol–water partition coefficient (Wildman–Crippen LogP) is 4.06. The molecular weight excluding hydrogens is 232 g/mol. The maximum atomic E-state index is 3.49. The molecule has 0 amide bonds. The van der Waals surface area contributed by atoms with Crippen molar-refractivity contribution in [3.8, 4) is 0 Å². The first-order valence-electron chi connectivity index (χ1n) is 8.53. The van der Waals surface area contributed by atoms with Gasteiger partial charge in [0.1, 0.15) is 0 Å². The lowest BCUT2D eigenvalue weighted by atomic mass is 9.86. The van der Waals surface area contributed by atoms with Crippen molar-refractivity contribution in [3.63, 3.8) is 0 Å². The summed E-state index contributed by atoms with van der Waals surface area (Å²) < 4.78 is 0. The number of rotatable bonds is 9. The highest BCUT2D eigenvalue weighted by molar-refractivity contribution is 4.76. The number of nitrogens with one attached hydrogen (secondary N) is 1. The molecule has 2 nitrogen and oxygen atoms in total. The molecule has 114 valence electrons. The summed E-state index contributed by atoms with van der Waals surface area (Å²) in [4.78, 5) is 2.63. The Morgan fingerprint density at radius 1 is 1.11 bits per heavy atom. The average molecular weight is 268 g/mol. The van der Waals surface area contributed by atoms with Gasteiger partial charge in [0.05, 0.1) is 0 Å². The number of unbranched alkanes of at least 4 members (excludes halogenated alkanes) is 3. The van der Waals surface area contributed by atoms with Crippen LogP contribution in [0.5, 0.6) is 0 Å². The highest BCUT2D eigenvalue weighted by Crippen LogP contribution is 2.26. The SMILES string of the molecule is CC1CCCC(N(C)CCCCCCNC(C)C)C1. The summed E-state index contributed by atoms with van der Waals surface area (Å²) in [6.07, 6.45) is 11.2. The molecule has 0 heterocycles. The Hall–Kier alpha value is -0.0800. The lowest BCUT2D eigenvalue weighted by molar-refractivity contribution is 0.161. The minimum Gasteiger partial charge on any atom is -0.315 e. The second-order valence-corrected chi connectivity index (χ2v) is 6.93. The van der Waals surface area contributed by atoms with Crippen LogP contribution in [0.2, 0.25) is 0 Å². The molecule has 0 aliphatic heterocycles. The van der Waals surface area contributed by atoms with Gasteiger partial charge in [0.25, 0.3) is 0 Å². The Kier molecular flexibility index (Phi) is 8.72. The van der Waals surface area contributed by atoms with Crippen LogP contribution in [0, 0.1) is 5.92 Å². The Labute approximate surface area is 121 Å². The van der Waals surface area contributed by atoms with Crippen molar-refractivity contribution in [1.82, 2.24) is 10.2 Å². The summed E-state index contributed by atoms with van der Waals surface area (Å²) in [5.74, 6) is 0.948. The largest absolute Gasteiger partial charge is 0.315 e. The van der Waals surface area contributed by atoms with E-state index in [2.05, 4.69) is 38.0 Å². The molecule has 0 aromatic carbocycles. The number of hydrogen-bond acceptors (Lipinski definition) is 2. The molecule has 0 aromatic heterocycles. The van der Waals surface area contributed by atoms with E-state index < -0.39 is 0 Å². The minimum atomic E-state index is 0.638. The number of hydrogen-bond donors (Lipinski definition) is 1. The van der Waals surface area contributed by atoms with Gasteiger partial charge in [-0.05, 0) is 51.7 Å². The maximum absolute atomic E-state index is 3.49. The van der Waals surface area contributed by atoms with Gasteiger partial charge >= 0.3 is 0 Å². The molecule has 1 fully saturated rings. The topological polar surface area (TPSA) is 15.3 Å². The molecule has 0 saturated heterocycles. The van der Waals surface area contributed by atoms with Crippen LogP contribution < -0.4 is 5.32 Å². The van der Waals surface area contributed by atoms with Crippen molar-refractivity contribution >= 4 is 0 Å². The van der Waals surface area contributed by atoms with Crippen molar-refractivity contribution in [2.24, 2.45) is 5.92 Å². The molecule has 0 bridgehead atoms. The second kappa shape index (κ2) is 9.77. The normalized spacial score (nSPS) is 24.3. The van der Waals surface area contributed by atoms with Crippen molar-refractivity contribution in [3.05, 3.63) is 0 Å². The highest BCUT2D eigenvalue weighted by atomic mass is 15.1. The van der Waals surface area contributed by atoms with E-state index in [0.29, 0.717) is 6.04 Å². The van der Waals surface area contributed by atoms with E-state index in [1.165, 1.54) is 64.5 Å². The van der Waals surface area contributed by atoms with Crippen LogP contribution in [0.15, 0.2) is 0 Å². The molecule has 1 N–H and O–H groups in total. The van der Waals surface area contributed by atoms with Crippen LogP contribution in [-0.2, 0) is 0 Å². The van der Waals surface area contributed by atoms with Gasteiger partial charge in [0, 0.05) is 12.1 Å². The van der Waals surface area contributed by atoms with Gasteiger partial charge in [0.2, 0.25) is 0 Å². The molecule has 2 atom stereocenters. The summed E-state index contributed by atoms with van der Waals surface area (Å²) >= 11 is 0. The molecular formula is C17H36N2. The quantitative estimate of drug-likeness (QED) is 0.635. The van der Waals surface area contributed by atoms with Crippen LogP contribution in [0.1, 0.15) is 72.1 Å². The highest BCUT2D eigenvalue weighted by Gasteiger charge is 2.21. The zero-order chi connectivity index (χ0) is 14.1. The fourth-order valence-electron chi connectivity index (χ4n) is 3.22. The van der Waals surface area contributed by atoms with Crippen LogP contribution in [0.3, 0.4) is 0 Å².